The van der Waals surface area contributed by atoms with E-state index in [0.717, 1.165) is 42.5 Å². The molecule has 0 spiro atoms. The van der Waals surface area contributed by atoms with E-state index in [1.165, 1.54) is 24.5 Å². The molecule has 0 unspecified atom stereocenters. The van der Waals surface area contributed by atoms with E-state index in [1.807, 2.05) is 0 Å². The summed E-state index contributed by atoms with van der Waals surface area (Å²) in [5.74, 6) is -1.75. The molecule has 2 aromatic heterocycles. The first-order chi connectivity index (χ1) is 13.0. The second-order valence-corrected chi connectivity index (χ2v) is 7.87. The van der Waals surface area contributed by atoms with Gasteiger partial charge in [0.05, 0.1) is 12.7 Å². The van der Waals surface area contributed by atoms with Crippen molar-refractivity contribution in [3.63, 3.8) is 0 Å². The summed E-state index contributed by atoms with van der Waals surface area (Å²) >= 11 is 4.47. The third kappa shape index (κ3) is 4.59. The number of hydrogen-bond donors (Lipinski definition) is 1. The largest absolute Gasteiger partial charge is 0.465 e. The zero-order chi connectivity index (χ0) is 19.4. The number of thiophene rings is 1. The normalized spacial score (nSPS) is 13.4. The number of hydrogen-bond acceptors (Lipinski definition) is 7. The molecule has 2 heterocycles. The van der Waals surface area contributed by atoms with Crippen LogP contribution in [0, 0.1) is 0 Å². The van der Waals surface area contributed by atoms with Gasteiger partial charge >= 0.3 is 11.9 Å². The minimum absolute atomic E-state index is 0.00670. The molecular formula is C18H18BrNO6S. The van der Waals surface area contributed by atoms with Gasteiger partial charge in [-0.2, -0.15) is 0 Å². The van der Waals surface area contributed by atoms with Crippen LogP contribution < -0.4 is 5.32 Å². The van der Waals surface area contributed by atoms with Crippen LogP contribution in [0.2, 0.25) is 0 Å². The molecule has 0 saturated heterocycles. The number of amides is 1. The van der Waals surface area contributed by atoms with Gasteiger partial charge in [0, 0.05) is 4.88 Å². The summed E-state index contributed by atoms with van der Waals surface area (Å²) in [5, 5.41) is 3.12. The van der Waals surface area contributed by atoms with Crippen molar-refractivity contribution >= 4 is 50.1 Å². The van der Waals surface area contributed by atoms with Crippen molar-refractivity contribution in [2.75, 3.05) is 19.0 Å². The Kier molecular flexibility index (Phi) is 6.33. The van der Waals surface area contributed by atoms with Gasteiger partial charge in [-0.15, -0.1) is 11.3 Å². The van der Waals surface area contributed by atoms with Crippen molar-refractivity contribution < 1.29 is 28.3 Å². The fourth-order valence-corrected chi connectivity index (χ4v) is 4.54. The van der Waals surface area contributed by atoms with E-state index < -0.39 is 24.5 Å². The summed E-state index contributed by atoms with van der Waals surface area (Å²) in [6, 6.07) is 2.99. The molecule has 2 aromatic rings. The minimum Gasteiger partial charge on any atom is -0.465 e. The number of aryl methyl sites for hydroxylation is 1. The van der Waals surface area contributed by atoms with Crippen molar-refractivity contribution in [2.45, 2.75) is 32.1 Å². The quantitative estimate of drug-likeness (QED) is 0.541. The Labute approximate surface area is 168 Å². The fourth-order valence-electron chi connectivity index (χ4n) is 2.94. The minimum atomic E-state index is -0.744. The van der Waals surface area contributed by atoms with E-state index in [9.17, 15) is 14.4 Å². The number of fused-ring (bicyclic) bond motifs is 1. The van der Waals surface area contributed by atoms with Crippen LogP contribution in [0.25, 0.3) is 0 Å². The second kappa shape index (κ2) is 8.71. The zero-order valence-electron chi connectivity index (χ0n) is 14.6. The number of ether oxygens (including phenoxy) is 2. The Balaban J connectivity index is 1.70. The highest BCUT2D eigenvalue weighted by atomic mass is 79.9. The molecule has 0 fully saturated rings. The van der Waals surface area contributed by atoms with Gasteiger partial charge in [-0.05, 0) is 59.3 Å². The third-order valence-corrected chi connectivity index (χ3v) is 5.81. The van der Waals surface area contributed by atoms with Gasteiger partial charge in [0.2, 0.25) is 5.76 Å². The topological polar surface area (TPSA) is 94.8 Å². The highest BCUT2D eigenvalue weighted by Gasteiger charge is 2.26. The van der Waals surface area contributed by atoms with Crippen molar-refractivity contribution in [1.82, 2.24) is 0 Å². The van der Waals surface area contributed by atoms with Gasteiger partial charge in [-0.25, -0.2) is 9.59 Å². The van der Waals surface area contributed by atoms with Crippen molar-refractivity contribution in [1.29, 1.82) is 0 Å². The molecule has 1 aliphatic carbocycles. The molecule has 144 valence electrons. The number of nitrogens with one attached hydrogen (secondary N) is 1. The highest BCUT2D eigenvalue weighted by molar-refractivity contribution is 9.10. The van der Waals surface area contributed by atoms with Gasteiger partial charge < -0.3 is 19.2 Å². The van der Waals surface area contributed by atoms with E-state index >= 15 is 0 Å². The molecule has 0 radical (unpaired) electrons. The smallest absolute Gasteiger partial charge is 0.374 e. The van der Waals surface area contributed by atoms with Crippen molar-refractivity contribution in [3.8, 4) is 0 Å². The zero-order valence-corrected chi connectivity index (χ0v) is 17.0. The lowest BCUT2D eigenvalue weighted by atomic mass is 10.1. The average Bonchev–Trinajstić information content (AvgIpc) is 3.15. The molecule has 1 N–H and O–H groups in total. The van der Waals surface area contributed by atoms with E-state index in [0.29, 0.717) is 15.2 Å². The predicted octanol–water partition coefficient (Wildman–Crippen LogP) is 3.95. The number of carbonyl (C=O) groups is 3. The maximum Gasteiger partial charge on any atom is 0.374 e. The van der Waals surface area contributed by atoms with Gasteiger partial charge in [-0.1, -0.05) is 6.42 Å². The Hall–Kier alpha value is -2.13. The second-order valence-electron chi connectivity index (χ2n) is 5.99. The first kappa shape index (κ1) is 19.6. The summed E-state index contributed by atoms with van der Waals surface area (Å²) < 4.78 is 15.3. The van der Waals surface area contributed by atoms with Crippen LogP contribution >= 0.6 is 27.3 Å². The summed E-state index contributed by atoms with van der Waals surface area (Å²) in [5.41, 5.74) is 1.37. The number of furan rings is 1. The molecule has 7 nitrogen and oxygen atoms in total. The maximum absolute atomic E-state index is 12.2. The number of esters is 2. The number of anilines is 1. The van der Waals surface area contributed by atoms with Crippen LogP contribution in [0.5, 0.6) is 0 Å². The van der Waals surface area contributed by atoms with Crippen LogP contribution in [0.3, 0.4) is 0 Å². The van der Waals surface area contributed by atoms with Gasteiger partial charge in [0.1, 0.15) is 5.00 Å². The van der Waals surface area contributed by atoms with Gasteiger partial charge in [0.25, 0.3) is 5.91 Å². The lowest BCUT2D eigenvalue weighted by Crippen LogP contribution is -2.21. The molecule has 0 saturated carbocycles. The molecule has 3 rings (SSSR count). The summed E-state index contributed by atoms with van der Waals surface area (Å²) in [6.07, 6.45) is 4.83. The van der Waals surface area contributed by atoms with E-state index in [-0.39, 0.29) is 5.76 Å². The van der Waals surface area contributed by atoms with E-state index in [4.69, 9.17) is 13.9 Å². The van der Waals surface area contributed by atoms with Crippen molar-refractivity contribution in [3.05, 3.63) is 38.6 Å². The van der Waals surface area contributed by atoms with Crippen molar-refractivity contribution in [2.24, 2.45) is 0 Å². The predicted molar refractivity (Wildman–Crippen MR) is 102 cm³/mol. The molecule has 1 amide bonds. The van der Waals surface area contributed by atoms with E-state index in [1.54, 1.807) is 6.07 Å². The summed E-state index contributed by atoms with van der Waals surface area (Å²) in [4.78, 5) is 37.4. The van der Waals surface area contributed by atoms with Crippen LogP contribution in [-0.4, -0.2) is 31.6 Å². The Morgan fingerprint density at radius 3 is 2.67 bits per heavy atom. The monoisotopic (exact) mass is 455 g/mol. The molecular weight excluding hydrogens is 438 g/mol. The number of halogens is 1. The molecule has 0 atom stereocenters. The Bertz CT molecular complexity index is 871. The number of rotatable bonds is 5. The first-order valence-electron chi connectivity index (χ1n) is 8.44. The first-order valence-corrected chi connectivity index (χ1v) is 10.1. The summed E-state index contributed by atoms with van der Waals surface area (Å²) in [7, 11) is 1.32. The lowest BCUT2D eigenvalue weighted by Gasteiger charge is -2.07. The molecule has 1 aliphatic rings. The molecule has 0 aromatic carbocycles. The maximum atomic E-state index is 12.2. The Morgan fingerprint density at radius 1 is 1.19 bits per heavy atom. The fraction of sp³-hybridized carbons (Fsp3) is 0.389. The average molecular weight is 456 g/mol. The van der Waals surface area contributed by atoms with Crippen LogP contribution in [-0.2, 0) is 27.1 Å². The van der Waals surface area contributed by atoms with Crippen LogP contribution in [0.4, 0.5) is 5.00 Å². The molecule has 0 aliphatic heterocycles. The summed E-state index contributed by atoms with van der Waals surface area (Å²) in [6.45, 7) is -0.486. The molecule has 9 heteroatoms. The van der Waals surface area contributed by atoms with E-state index in [2.05, 4.69) is 21.2 Å². The van der Waals surface area contributed by atoms with Crippen LogP contribution in [0.1, 0.15) is 50.6 Å². The molecule has 0 bridgehead atoms. The SMILES string of the molecule is COC(=O)c1c(NC(=O)COC(=O)c2ccc(Br)o2)sc2c1CCCCC2. The lowest BCUT2D eigenvalue weighted by molar-refractivity contribution is -0.119. The number of carbonyl (C=O) groups excluding carboxylic acids is 3. The Morgan fingerprint density at radius 2 is 1.96 bits per heavy atom. The third-order valence-electron chi connectivity index (χ3n) is 4.17. The van der Waals surface area contributed by atoms with Crippen LogP contribution in [0.15, 0.2) is 21.2 Å². The highest BCUT2D eigenvalue weighted by Crippen LogP contribution is 2.37. The number of methoxy groups -OCH3 is 1. The molecule has 27 heavy (non-hydrogen) atoms. The van der Waals surface area contributed by atoms with Gasteiger partial charge in [0.15, 0.2) is 11.3 Å². The van der Waals surface area contributed by atoms with Gasteiger partial charge in [-0.3, -0.25) is 4.79 Å². The standard InChI is InChI=1S/C18H18BrNO6S/c1-24-18(23)15-10-5-3-2-4-6-12(10)27-16(15)20-14(21)9-25-17(22)11-7-8-13(19)26-11/h7-8H,2-6,9H2,1H3,(H,20,21).